The highest BCUT2D eigenvalue weighted by molar-refractivity contribution is 6.35. The summed E-state index contributed by atoms with van der Waals surface area (Å²) in [4.78, 5) is 0. The predicted octanol–water partition coefficient (Wildman–Crippen LogP) is 6.46. The molecule has 2 aromatic carbocycles. The molecule has 1 fully saturated rings. The summed E-state index contributed by atoms with van der Waals surface area (Å²) in [6, 6.07) is 10.0. The standard InChI is InChI=1S/C22H27F3Si/c1-3-21(26-2)17-10-8-15(9-11-17)14-4-6-16(7-5-14)18-12-19(23)22(25)20(24)13-18/h4-7,12-13,15,17,21H,3,8-11,26H2,1-2H3. The maximum Gasteiger partial charge on any atom is 0.194 e. The van der Waals surface area contributed by atoms with Crippen molar-refractivity contribution in [2.24, 2.45) is 5.92 Å². The second kappa shape index (κ2) is 8.42. The maximum absolute atomic E-state index is 13.4. The van der Waals surface area contributed by atoms with Gasteiger partial charge >= 0.3 is 0 Å². The van der Waals surface area contributed by atoms with Crippen molar-refractivity contribution in [2.75, 3.05) is 0 Å². The van der Waals surface area contributed by atoms with E-state index in [2.05, 4.69) is 25.6 Å². The van der Waals surface area contributed by atoms with E-state index in [4.69, 9.17) is 0 Å². The van der Waals surface area contributed by atoms with Gasteiger partial charge in [-0.3, -0.25) is 0 Å². The third-order valence-corrected chi connectivity index (χ3v) is 8.48. The van der Waals surface area contributed by atoms with Crippen LogP contribution in [0.2, 0.25) is 12.1 Å². The van der Waals surface area contributed by atoms with Crippen molar-refractivity contribution in [3.8, 4) is 11.1 Å². The van der Waals surface area contributed by atoms with Crippen LogP contribution in [0.1, 0.15) is 50.5 Å². The van der Waals surface area contributed by atoms with Crippen molar-refractivity contribution in [3.05, 3.63) is 59.4 Å². The molecule has 0 aliphatic heterocycles. The Kier molecular flexibility index (Phi) is 6.23. The van der Waals surface area contributed by atoms with Gasteiger partial charge < -0.3 is 0 Å². The van der Waals surface area contributed by atoms with Gasteiger partial charge in [0.25, 0.3) is 0 Å². The van der Waals surface area contributed by atoms with Crippen molar-refractivity contribution < 1.29 is 13.2 Å². The van der Waals surface area contributed by atoms with Crippen LogP contribution in [0, 0.1) is 23.4 Å². The smallest absolute Gasteiger partial charge is 0.194 e. The fraction of sp³-hybridized carbons (Fsp3) is 0.455. The minimum Gasteiger partial charge on any atom is -0.204 e. The first-order valence-corrected chi connectivity index (χ1v) is 12.0. The molecule has 0 aromatic heterocycles. The summed E-state index contributed by atoms with van der Waals surface area (Å²) in [6.45, 7) is 4.76. The number of benzene rings is 2. The highest BCUT2D eigenvalue weighted by atomic mass is 28.2. The van der Waals surface area contributed by atoms with Crippen LogP contribution >= 0.6 is 0 Å². The number of halogens is 3. The summed E-state index contributed by atoms with van der Waals surface area (Å²) in [6.07, 6.45) is 6.43. The fourth-order valence-corrected chi connectivity index (χ4v) is 6.26. The van der Waals surface area contributed by atoms with Gasteiger partial charge in [0.2, 0.25) is 0 Å². The van der Waals surface area contributed by atoms with Gasteiger partial charge in [-0.25, -0.2) is 13.2 Å². The van der Waals surface area contributed by atoms with Crippen LogP contribution in [0.4, 0.5) is 13.2 Å². The Morgan fingerprint density at radius 3 is 2.00 bits per heavy atom. The van der Waals surface area contributed by atoms with Crippen LogP contribution in [-0.4, -0.2) is 9.52 Å². The molecule has 0 nitrogen and oxygen atoms in total. The van der Waals surface area contributed by atoms with E-state index in [-0.39, 0.29) is 9.52 Å². The third-order valence-electron chi connectivity index (χ3n) is 6.19. The Morgan fingerprint density at radius 2 is 1.50 bits per heavy atom. The van der Waals surface area contributed by atoms with E-state index in [0.29, 0.717) is 17.0 Å². The molecule has 1 aliphatic carbocycles. The summed E-state index contributed by atoms with van der Waals surface area (Å²) in [5, 5.41) is 0. The Labute approximate surface area is 156 Å². The Morgan fingerprint density at radius 1 is 0.923 bits per heavy atom. The number of rotatable bonds is 5. The molecule has 0 bridgehead atoms. The van der Waals surface area contributed by atoms with Crippen LogP contribution < -0.4 is 0 Å². The Hall–Kier alpha value is -1.55. The molecule has 1 unspecified atom stereocenters. The molecule has 1 atom stereocenters. The second-order valence-corrected chi connectivity index (χ2v) is 9.43. The van der Waals surface area contributed by atoms with E-state index in [1.807, 2.05) is 12.1 Å². The molecule has 1 saturated carbocycles. The lowest BCUT2D eigenvalue weighted by atomic mass is 9.77. The second-order valence-electron chi connectivity index (χ2n) is 7.56. The summed E-state index contributed by atoms with van der Waals surface area (Å²) in [5.74, 6) is -2.21. The summed E-state index contributed by atoms with van der Waals surface area (Å²) < 4.78 is 40.0. The normalized spacial score (nSPS) is 22.0. The zero-order valence-corrected chi connectivity index (χ0v) is 17.0. The van der Waals surface area contributed by atoms with E-state index >= 15 is 0 Å². The third kappa shape index (κ3) is 4.06. The molecule has 0 spiro atoms. The first-order chi connectivity index (χ1) is 12.5. The fourth-order valence-electron chi connectivity index (χ4n) is 4.55. The van der Waals surface area contributed by atoms with Gasteiger partial charge in [0, 0.05) is 9.52 Å². The van der Waals surface area contributed by atoms with Gasteiger partial charge in [0.05, 0.1) is 0 Å². The summed E-state index contributed by atoms with van der Waals surface area (Å²) in [7, 11) is 0.0705. The zero-order valence-electron chi connectivity index (χ0n) is 15.6. The lowest BCUT2D eigenvalue weighted by Crippen LogP contribution is -2.20. The van der Waals surface area contributed by atoms with Crippen molar-refractivity contribution in [3.63, 3.8) is 0 Å². The summed E-state index contributed by atoms with van der Waals surface area (Å²) in [5.41, 5.74) is 3.37. The van der Waals surface area contributed by atoms with Crippen LogP contribution in [0.3, 0.4) is 0 Å². The SMILES string of the molecule is CCC([SiH2]C)C1CCC(c2ccc(-c3cc(F)c(F)c(F)c3)cc2)CC1. The van der Waals surface area contributed by atoms with Gasteiger partial charge in [-0.15, -0.1) is 0 Å². The average Bonchev–Trinajstić information content (AvgIpc) is 2.67. The number of hydrogen-bond donors (Lipinski definition) is 0. The van der Waals surface area contributed by atoms with Gasteiger partial charge in [0.15, 0.2) is 17.5 Å². The highest BCUT2D eigenvalue weighted by Crippen LogP contribution is 2.41. The maximum atomic E-state index is 13.4. The molecule has 3 rings (SSSR count). The van der Waals surface area contributed by atoms with Crippen molar-refractivity contribution in [1.29, 1.82) is 0 Å². The largest absolute Gasteiger partial charge is 0.204 e. The molecule has 1 aliphatic rings. The monoisotopic (exact) mass is 376 g/mol. The van der Waals surface area contributed by atoms with Gasteiger partial charge in [-0.2, -0.15) is 0 Å². The van der Waals surface area contributed by atoms with Crippen LogP contribution in [0.5, 0.6) is 0 Å². The molecular formula is C22H27F3Si. The molecule has 0 saturated heterocycles. The van der Waals surface area contributed by atoms with E-state index < -0.39 is 17.5 Å². The van der Waals surface area contributed by atoms with Crippen LogP contribution in [0.15, 0.2) is 36.4 Å². The number of hydrogen-bond acceptors (Lipinski definition) is 0. The Balaban J connectivity index is 1.69. The molecule has 0 N–H and O–H groups in total. The van der Waals surface area contributed by atoms with Gasteiger partial charge in [0.1, 0.15) is 0 Å². The van der Waals surface area contributed by atoms with Gasteiger partial charge in [-0.05, 0) is 71.9 Å². The minimum atomic E-state index is -1.41. The molecule has 0 heterocycles. The quantitative estimate of drug-likeness (QED) is 0.415. The predicted molar refractivity (Wildman–Crippen MR) is 105 cm³/mol. The lowest BCUT2D eigenvalue weighted by molar-refractivity contribution is 0.307. The first kappa shape index (κ1) is 19.2. The van der Waals surface area contributed by atoms with Crippen molar-refractivity contribution in [2.45, 2.75) is 57.0 Å². The highest BCUT2D eigenvalue weighted by Gasteiger charge is 2.26. The Bertz CT molecular complexity index is 707. The van der Waals surface area contributed by atoms with E-state index in [1.165, 1.54) is 37.7 Å². The van der Waals surface area contributed by atoms with Gasteiger partial charge in [-0.1, -0.05) is 44.2 Å². The molecule has 4 heteroatoms. The van der Waals surface area contributed by atoms with Crippen LogP contribution in [-0.2, 0) is 0 Å². The molecule has 2 aromatic rings. The molecule has 26 heavy (non-hydrogen) atoms. The average molecular weight is 377 g/mol. The van der Waals surface area contributed by atoms with E-state index in [1.54, 1.807) is 0 Å². The molecule has 0 radical (unpaired) electrons. The topological polar surface area (TPSA) is 0 Å². The first-order valence-electron chi connectivity index (χ1n) is 9.78. The molecule has 140 valence electrons. The van der Waals surface area contributed by atoms with E-state index in [9.17, 15) is 13.2 Å². The zero-order chi connectivity index (χ0) is 18.7. The lowest BCUT2D eigenvalue weighted by Gasteiger charge is -2.33. The molecular weight excluding hydrogens is 349 g/mol. The van der Waals surface area contributed by atoms with Crippen LogP contribution in [0.25, 0.3) is 11.1 Å². The van der Waals surface area contributed by atoms with E-state index in [0.717, 1.165) is 23.6 Å². The summed E-state index contributed by atoms with van der Waals surface area (Å²) >= 11 is 0. The van der Waals surface area contributed by atoms with Crippen molar-refractivity contribution >= 4 is 9.52 Å². The minimum absolute atomic E-state index is 0.0705. The molecule has 0 amide bonds. The van der Waals surface area contributed by atoms with Crippen molar-refractivity contribution in [1.82, 2.24) is 0 Å².